The standard InChI is InChI=1S/C12H24N2O3/c1-13(2)8-9-14-6-3-11(4-7-14)17-10-5-12(15)16/h11H,3-10H2,1-2H3,(H,15,16). The molecule has 1 saturated heterocycles. The third-order valence-corrected chi connectivity index (χ3v) is 3.07. The monoisotopic (exact) mass is 244 g/mol. The van der Waals surface area contributed by atoms with E-state index in [1.807, 2.05) is 0 Å². The van der Waals surface area contributed by atoms with E-state index in [2.05, 4.69) is 23.9 Å². The number of nitrogens with zero attached hydrogens (tertiary/aromatic N) is 2. The predicted molar refractivity (Wildman–Crippen MR) is 66.2 cm³/mol. The Balaban J connectivity index is 2.07. The van der Waals surface area contributed by atoms with E-state index < -0.39 is 5.97 Å². The molecule has 0 aromatic rings. The summed E-state index contributed by atoms with van der Waals surface area (Å²) in [6.07, 6.45) is 2.41. The van der Waals surface area contributed by atoms with Crippen LogP contribution < -0.4 is 0 Å². The van der Waals surface area contributed by atoms with Crippen molar-refractivity contribution in [1.29, 1.82) is 0 Å². The van der Waals surface area contributed by atoms with Crippen molar-refractivity contribution in [2.45, 2.75) is 25.4 Å². The first kappa shape index (κ1) is 14.4. The molecule has 100 valence electrons. The summed E-state index contributed by atoms with van der Waals surface area (Å²) in [6, 6.07) is 0. The number of ether oxygens (including phenoxy) is 1. The minimum Gasteiger partial charge on any atom is -0.481 e. The second-order valence-corrected chi connectivity index (χ2v) is 4.86. The summed E-state index contributed by atoms with van der Waals surface area (Å²) in [5, 5.41) is 8.51. The van der Waals surface area contributed by atoms with E-state index in [-0.39, 0.29) is 12.5 Å². The number of hydrogen-bond acceptors (Lipinski definition) is 4. The van der Waals surface area contributed by atoms with Crippen LogP contribution in [0.3, 0.4) is 0 Å². The summed E-state index contributed by atoms with van der Waals surface area (Å²) in [5.74, 6) is -0.784. The third kappa shape index (κ3) is 6.61. The Kier molecular flexibility index (Phi) is 6.47. The Morgan fingerprint density at radius 3 is 2.59 bits per heavy atom. The zero-order valence-electron chi connectivity index (χ0n) is 10.9. The molecule has 1 fully saturated rings. The molecule has 5 heteroatoms. The van der Waals surface area contributed by atoms with Crippen LogP contribution in [0.5, 0.6) is 0 Å². The fraction of sp³-hybridized carbons (Fsp3) is 0.917. The van der Waals surface area contributed by atoms with Crippen molar-refractivity contribution in [3.8, 4) is 0 Å². The van der Waals surface area contributed by atoms with Gasteiger partial charge in [-0.05, 0) is 26.9 Å². The van der Waals surface area contributed by atoms with Crippen LogP contribution in [0.25, 0.3) is 0 Å². The summed E-state index contributed by atoms with van der Waals surface area (Å²) >= 11 is 0. The lowest BCUT2D eigenvalue weighted by Crippen LogP contribution is -2.40. The highest BCUT2D eigenvalue weighted by molar-refractivity contribution is 5.66. The topological polar surface area (TPSA) is 53.0 Å². The molecular weight excluding hydrogens is 220 g/mol. The summed E-state index contributed by atoms with van der Waals surface area (Å²) < 4.78 is 5.55. The Morgan fingerprint density at radius 1 is 1.41 bits per heavy atom. The first-order valence-corrected chi connectivity index (χ1v) is 6.28. The molecule has 0 spiro atoms. The zero-order chi connectivity index (χ0) is 12.7. The Labute approximate surface area is 103 Å². The van der Waals surface area contributed by atoms with Crippen LogP contribution in [0.15, 0.2) is 0 Å². The molecule has 5 nitrogen and oxygen atoms in total. The van der Waals surface area contributed by atoms with Gasteiger partial charge in [-0.15, -0.1) is 0 Å². The molecule has 0 bridgehead atoms. The largest absolute Gasteiger partial charge is 0.481 e. The summed E-state index contributed by atoms with van der Waals surface area (Å²) in [4.78, 5) is 15.0. The molecule has 0 amide bonds. The molecule has 0 atom stereocenters. The maximum atomic E-state index is 10.3. The molecule has 1 heterocycles. The molecule has 0 aliphatic carbocycles. The van der Waals surface area contributed by atoms with Gasteiger partial charge in [0, 0.05) is 26.2 Å². The summed E-state index contributed by atoms with van der Waals surface area (Å²) in [6.45, 7) is 4.66. The molecule has 1 aliphatic heterocycles. The lowest BCUT2D eigenvalue weighted by molar-refractivity contribution is -0.138. The van der Waals surface area contributed by atoms with Gasteiger partial charge >= 0.3 is 5.97 Å². The predicted octanol–water partition coefficient (Wildman–Crippen LogP) is 0.504. The number of aliphatic carboxylic acids is 1. The van der Waals surface area contributed by atoms with Gasteiger partial charge in [0.1, 0.15) is 0 Å². The van der Waals surface area contributed by atoms with Gasteiger partial charge in [0.05, 0.1) is 19.1 Å². The number of carboxylic acid groups (broad SMARTS) is 1. The second kappa shape index (κ2) is 7.63. The molecule has 0 radical (unpaired) electrons. The number of piperidine rings is 1. The first-order valence-electron chi connectivity index (χ1n) is 6.28. The molecule has 0 aromatic carbocycles. The maximum absolute atomic E-state index is 10.3. The van der Waals surface area contributed by atoms with E-state index in [1.54, 1.807) is 0 Å². The summed E-state index contributed by atoms with van der Waals surface area (Å²) in [7, 11) is 4.17. The van der Waals surface area contributed by atoms with Crippen molar-refractivity contribution in [2.75, 3.05) is 46.9 Å². The smallest absolute Gasteiger partial charge is 0.305 e. The molecule has 0 unspecified atom stereocenters. The molecule has 0 saturated carbocycles. The van der Waals surface area contributed by atoms with E-state index in [0.717, 1.165) is 39.0 Å². The lowest BCUT2D eigenvalue weighted by atomic mass is 10.1. The van der Waals surface area contributed by atoms with E-state index in [1.165, 1.54) is 0 Å². The number of hydrogen-bond donors (Lipinski definition) is 1. The molecule has 0 aromatic heterocycles. The minimum atomic E-state index is -0.784. The van der Waals surface area contributed by atoms with Crippen molar-refractivity contribution in [3.05, 3.63) is 0 Å². The molecule has 1 aliphatic rings. The molecule has 1 N–H and O–H groups in total. The highest BCUT2D eigenvalue weighted by Crippen LogP contribution is 2.13. The fourth-order valence-electron chi connectivity index (χ4n) is 1.95. The Hall–Kier alpha value is -0.650. The van der Waals surface area contributed by atoms with Crippen molar-refractivity contribution in [2.24, 2.45) is 0 Å². The van der Waals surface area contributed by atoms with E-state index in [4.69, 9.17) is 9.84 Å². The van der Waals surface area contributed by atoms with Gasteiger partial charge in [0.2, 0.25) is 0 Å². The van der Waals surface area contributed by atoms with Crippen LogP contribution in [0, 0.1) is 0 Å². The highest BCUT2D eigenvalue weighted by Gasteiger charge is 2.19. The van der Waals surface area contributed by atoms with E-state index >= 15 is 0 Å². The van der Waals surface area contributed by atoms with Gasteiger partial charge in [-0.2, -0.15) is 0 Å². The third-order valence-electron chi connectivity index (χ3n) is 3.07. The van der Waals surface area contributed by atoms with Gasteiger partial charge in [-0.3, -0.25) is 4.79 Å². The Morgan fingerprint density at radius 2 is 2.06 bits per heavy atom. The van der Waals surface area contributed by atoms with E-state index in [0.29, 0.717) is 6.61 Å². The average Bonchev–Trinajstić information content (AvgIpc) is 2.27. The van der Waals surface area contributed by atoms with E-state index in [9.17, 15) is 4.79 Å². The quantitative estimate of drug-likeness (QED) is 0.707. The lowest BCUT2D eigenvalue weighted by Gasteiger charge is -2.32. The van der Waals surface area contributed by atoms with Gasteiger partial charge in [-0.25, -0.2) is 0 Å². The van der Waals surface area contributed by atoms with Gasteiger partial charge in [-0.1, -0.05) is 0 Å². The maximum Gasteiger partial charge on any atom is 0.305 e. The normalized spacial score (nSPS) is 18.8. The van der Waals surface area contributed by atoms with Gasteiger partial charge in [0.25, 0.3) is 0 Å². The second-order valence-electron chi connectivity index (χ2n) is 4.86. The molecule has 17 heavy (non-hydrogen) atoms. The number of likely N-dealkylation sites (tertiary alicyclic amines) is 1. The van der Waals surface area contributed by atoms with Crippen molar-refractivity contribution < 1.29 is 14.6 Å². The number of carboxylic acids is 1. The number of rotatable bonds is 7. The summed E-state index contributed by atoms with van der Waals surface area (Å²) in [5.41, 5.74) is 0. The van der Waals surface area contributed by atoms with Crippen LogP contribution in [-0.4, -0.2) is 73.9 Å². The fourth-order valence-corrected chi connectivity index (χ4v) is 1.95. The highest BCUT2D eigenvalue weighted by atomic mass is 16.5. The SMILES string of the molecule is CN(C)CCN1CCC(OCCC(=O)O)CC1. The van der Waals surface area contributed by atoms with Gasteiger partial charge in [0.15, 0.2) is 0 Å². The number of carbonyl (C=O) groups is 1. The number of likely N-dealkylation sites (N-methyl/N-ethyl adjacent to an activating group) is 1. The van der Waals surface area contributed by atoms with Crippen molar-refractivity contribution in [3.63, 3.8) is 0 Å². The average molecular weight is 244 g/mol. The van der Waals surface area contributed by atoms with Crippen molar-refractivity contribution >= 4 is 5.97 Å². The van der Waals surface area contributed by atoms with Crippen LogP contribution in [-0.2, 0) is 9.53 Å². The van der Waals surface area contributed by atoms with Crippen LogP contribution >= 0.6 is 0 Å². The molecule has 1 rings (SSSR count). The van der Waals surface area contributed by atoms with Crippen LogP contribution in [0.2, 0.25) is 0 Å². The van der Waals surface area contributed by atoms with Crippen LogP contribution in [0.4, 0.5) is 0 Å². The minimum absolute atomic E-state index is 0.112. The van der Waals surface area contributed by atoms with Gasteiger partial charge < -0.3 is 19.6 Å². The molecular formula is C12H24N2O3. The first-order chi connectivity index (χ1) is 8.08. The Bertz CT molecular complexity index is 226. The van der Waals surface area contributed by atoms with Crippen molar-refractivity contribution in [1.82, 2.24) is 9.80 Å². The van der Waals surface area contributed by atoms with Crippen LogP contribution in [0.1, 0.15) is 19.3 Å². The zero-order valence-corrected chi connectivity index (χ0v) is 10.9.